The van der Waals surface area contributed by atoms with Gasteiger partial charge >= 0.3 is 5.69 Å². The van der Waals surface area contributed by atoms with Crippen LogP contribution in [0.15, 0.2) is 17.1 Å². The van der Waals surface area contributed by atoms with Crippen LogP contribution in [0.4, 0.5) is 5.69 Å². The van der Waals surface area contributed by atoms with Gasteiger partial charge in [0.2, 0.25) is 5.75 Å². The van der Waals surface area contributed by atoms with Gasteiger partial charge in [-0.2, -0.15) is 0 Å². The number of nitrogens with one attached hydrogen (secondary N) is 1. The second-order valence-electron chi connectivity index (χ2n) is 2.24. The number of pyridine rings is 1. The van der Waals surface area contributed by atoms with E-state index in [0.29, 0.717) is 0 Å². The van der Waals surface area contributed by atoms with Crippen molar-refractivity contribution in [3.05, 3.63) is 32.7 Å². The van der Waals surface area contributed by atoms with Crippen molar-refractivity contribution in [2.24, 2.45) is 0 Å². The first-order valence-electron chi connectivity index (χ1n) is 3.65. The second kappa shape index (κ2) is 3.70. The van der Waals surface area contributed by atoms with E-state index >= 15 is 0 Å². The summed E-state index contributed by atoms with van der Waals surface area (Å²) in [5.74, 6) is -0.00347. The van der Waals surface area contributed by atoms with E-state index in [0.717, 1.165) is 12.3 Å². The molecule has 0 atom stereocenters. The highest BCUT2D eigenvalue weighted by molar-refractivity contribution is 5.42. The summed E-state index contributed by atoms with van der Waals surface area (Å²) >= 11 is 0. The van der Waals surface area contributed by atoms with Crippen LogP contribution in [0.25, 0.3) is 0 Å². The Morgan fingerprint density at radius 2 is 2.38 bits per heavy atom. The van der Waals surface area contributed by atoms with Gasteiger partial charge in [-0.05, 0) is 6.92 Å². The van der Waals surface area contributed by atoms with Crippen LogP contribution in [0.2, 0.25) is 0 Å². The number of hydrogen-bond acceptors (Lipinski definition) is 4. The topological polar surface area (TPSA) is 85.2 Å². The lowest BCUT2D eigenvalue weighted by atomic mass is 10.4. The third-order valence-electron chi connectivity index (χ3n) is 1.36. The molecule has 0 unspecified atom stereocenters. The molecule has 1 N–H and O–H groups in total. The first kappa shape index (κ1) is 9.24. The molecule has 0 bridgehead atoms. The van der Waals surface area contributed by atoms with Crippen molar-refractivity contribution in [3.63, 3.8) is 0 Å². The highest BCUT2D eigenvalue weighted by Gasteiger charge is 2.14. The van der Waals surface area contributed by atoms with E-state index in [1.54, 1.807) is 6.92 Å². The third kappa shape index (κ3) is 2.05. The lowest BCUT2D eigenvalue weighted by Gasteiger charge is -2.01. The van der Waals surface area contributed by atoms with Gasteiger partial charge in [-0.1, -0.05) is 0 Å². The van der Waals surface area contributed by atoms with E-state index in [-0.39, 0.29) is 18.0 Å². The lowest BCUT2D eigenvalue weighted by Crippen LogP contribution is -2.07. The average Bonchev–Trinajstić information content (AvgIpc) is 2.04. The maximum Gasteiger partial charge on any atom is 0.327 e. The fraction of sp³-hybridized carbons (Fsp3) is 0.286. The minimum absolute atomic E-state index is 0.00347. The second-order valence-corrected chi connectivity index (χ2v) is 2.24. The summed E-state index contributed by atoms with van der Waals surface area (Å²) in [6, 6.07) is 1.06. The molecule has 1 aromatic rings. The van der Waals surface area contributed by atoms with Crippen molar-refractivity contribution >= 4 is 5.69 Å². The Labute approximate surface area is 73.3 Å². The number of nitrogens with zero attached hydrogens (tertiary/aromatic N) is 1. The molecular weight excluding hydrogens is 176 g/mol. The fourth-order valence-corrected chi connectivity index (χ4v) is 0.859. The summed E-state index contributed by atoms with van der Waals surface area (Å²) in [5.41, 5.74) is -0.657. The van der Waals surface area contributed by atoms with Crippen molar-refractivity contribution < 1.29 is 9.66 Å². The van der Waals surface area contributed by atoms with Crippen LogP contribution in [0.3, 0.4) is 0 Å². The van der Waals surface area contributed by atoms with Gasteiger partial charge in [0.05, 0.1) is 23.8 Å². The predicted octanol–water partition coefficient (Wildman–Crippen LogP) is 0.682. The lowest BCUT2D eigenvalue weighted by molar-refractivity contribution is -0.386. The molecule has 0 aliphatic rings. The molecule has 1 heterocycles. The molecule has 0 saturated carbocycles. The summed E-state index contributed by atoms with van der Waals surface area (Å²) in [6.45, 7) is 1.97. The molecular formula is C7H8N2O4. The maximum atomic E-state index is 10.8. The van der Waals surface area contributed by atoms with E-state index in [2.05, 4.69) is 4.98 Å². The summed E-state index contributed by atoms with van der Waals surface area (Å²) in [4.78, 5) is 22.8. The van der Waals surface area contributed by atoms with Crippen molar-refractivity contribution in [1.82, 2.24) is 4.98 Å². The van der Waals surface area contributed by atoms with Crippen LogP contribution in [0.1, 0.15) is 6.92 Å². The fourth-order valence-electron chi connectivity index (χ4n) is 0.859. The number of nitro groups is 1. The zero-order chi connectivity index (χ0) is 9.84. The molecule has 0 aliphatic heterocycles. The molecule has 13 heavy (non-hydrogen) atoms. The van der Waals surface area contributed by atoms with E-state index in [4.69, 9.17) is 4.74 Å². The van der Waals surface area contributed by atoms with Gasteiger partial charge in [0.25, 0.3) is 5.56 Å². The summed E-state index contributed by atoms with van der Waals surface area (Å²) in [7, 11) is 0. The van der Waals surface area contributed by atoms with E-state index in [1.807, 2.05) is 0 Å². The molecule has 70 valence electrons. The summed E-state index contributed by atoms with van der Waals surface area (Å²) in [6.07, 6.45) is 1.02. The molecule has 0 fully saturated rings. The van der Waals surface area contributed by atoms with Crippen LogP contribution in [-0.2, 0) is 0 Å². The summed E-state index contributed by atoms with van der Waals surface area (Å²) < 4.78 is 4.92. The van der Waals surface area contributed by atoms with Crippen LogP contribution >= 0.6 is 0 Å². The number of hydrogen-bond donors (Lipinski definition) is 1. The molecule has 6 nitrogen and oxygen atoms in total. The number of H-pyrrole nitrogens is 1. The smallest absolute Gasteiger partial charge is 0.327 e. The highest BCUT2D eigenvalue weighted by atomic mass is 16.6. The minimum atomic E-state index is -0.610. The zero-order valence-electron chi connectivity index (χ0n) is 6.94. The Bertz CT molecular complexity index is 371. The van der Waals surface area contributed by atoms with Gasteiger partial charge in [0.15, 0.2) is 0 Å². The molecule has 0 saturated heterocycles. The van der Waals surface area contributed by atoms with E-state index in [1.165, 1.54) is 0 Å². The van der Waals surface area contributed by atoms with Crippen molar-refractivity contribution in [2.45, 2.75) is 6.92 Å². The molecule has 0 aromatic carbocycles. The summed E-state index contributed by atoms with van der Waals surface area (Å²) in [5, 5.41) is 10.4. The van der Waals surface area contributed by atoms with Crippen molar-refractivity contribution in [2.75, 3.05) is 6.61 Å². The van der Waals surface area contributed by atoms with Crippen LogP contribution < -0.4 is 10.3 Å². The largest absolute Gasteiger partial charge is 0.487 e. The standard InChI is InChI=1S/C7H8N2O4/c1-2-13-6-3-7(10)8-4-5(6)9(11)12/h3-4H,2H2,1H3,(H,8,10). The number of aromatic amines is 1. The predicted molar refractivity (Wildman–Crippen MR) is 44.9 cm³/mol. The quantitative estimate of drug-likeness (QED) is 0.552. The Balaban J connectivity index is 3.18. The first-order chi connectivity index (χ1) is 6.15. The number of aromatic nitrogens is 1. The van der Waals surface area contributed by atoms with Crippen LogP contribution in [0.5, 0.6) is 5.75 Å². The van der Waals surface area contributed by atoms with Gasteiger partial charge in [0.1, 0.15) is 0 Å². The molecule has 1 rings (SSSR count). The van der Waals surface area contributed by atoms with E-state index in [9.17, 15) is 14.9 Å². The Kier molecular flexibility index (Phi) is 2.63. The molecule has 6 heteroatoms. The zero-order valence-corrected chi connectivity index (χ0v) is 6.94. The SMILES string of the molecule is CCOc1cc(=O)[nH]cc1[N+](=O)[O-]. The van der Waals surface area contributed by atoms with Gasteiger partial charge in [0, 0.05) is 0 Å². The Morgan fingerprint density at radius 1 is 1.69 bits per heavy atom. The molecule has 0 spiro atoms. The molecule has 0 aliphatic carbocycles. The molecule has 0 amide bonds. The van der Waals surface area contributed by atoms with Gasteiger partial charge in [-0.3, -0.25) is 14.9 Å². The van der Waals surface area contributed by atoms with Crippen molar-refractivity contribution in [3.8, 4) is 5.75 Å². The Morgan fingerprint density at radius 3 is 2.92 bits per heavy atom. The van der Waals surface area contributed by atoms with Crippen LogP contribution in [0, 0.1) is 10.1 Å². The normalized spacial score (nSPS) is 9.62. The molecule has 1 aromatic heterocycles. The first-order valence-corrected chi connectivity index (χ1v) is 3.65. The number of ether oxygens (including phenoxy) is 1. The van der Waals surface area contributed by atoms with Crippen LogP contribution in [-0.4, -0.2) is 16.5 Å². The van der Waals surface area contributed by atoms with Gasteiger partial charge in [-0.25, -0.2) is 0 Å². The minimum Gasteiger partial charge on any atom is -0.487 e. The highest BCUT2D eigenvalue weighted by Crippen LogP contribution is 2.22. The monoisotopic (exact) mass is 184 g/mol. The van der Waals surface area contributed by atoms with Gasteiger partial charge in [-0.15, -0.1) is 0 Å². The maximum absolute atomic E-state index is 10.8. The van der Waals surface area contributed by atoms with Gasteiger partial charge < -0.3 is 9.72 Å². The van der Waals surface area contributed by atoms with Crippen molar-refractivity contribution in [1.29, 1.82) is 0 Å². The average molecular weight is 184 g/mol. The third-order valence-corrected chi connectivity index (χ3v) is 1.36. The number of rotatable bonds is 3. The molecule has 0 radical (unpaired) electrons. The Hall–Kier alpha value is -1.85. The van der Waals surface area contributed by atoms with E-state index < -0.39 is 10.5 Å².